The predicted molar refractivity (Wildman–Crippen MR) is 140 cm³/mol. The van der Waals surface area contributed by atoms with Gasteiger partial charge in [0.2, 0.25) is 0 Å². The summed E-state index contributed by atoms with van der Waals surface area (Å²) in [5.41, 5.74) is 3.83. The monoisotopic (exact) mass is 476 g/mol. The average molecular weight is 477 g/mol. The molecule has 3 aromatic carbocycles. The van der Waals surface area contributed by atoms with Crippen molar-refractivity contribution < 1.29 is 14.5 Å². The average Bonchev–Trinajstić information content (AvgIpc) is 2.81. The lowest BCUT2D eigenvalue weighted by molar-refractivity contribution is -0.384. The van der Waals surface area contributed by atoms with Gasteiger partial charge in [-0.3, -0.25) is 14.9 Å². The van der Waals surface area contributed by atoms with E-state index < -0.39 is 10.8 Å². The molecule has 0 saturated carbocycles. The first kappa shape index (κ1) is 25.7. The Labute approximate surface area is 205 Å². The molecule has 0 saturated heterocycles. The van der Waals surface area contributed by atoms with Crippen LogP contribution < -0.4 is 15.1 Å². The number of nitrogens with one attached hydrogen (secondary N) is 1. The van der Waals surface area contributed by atoms with Crippen LogP contribution in [0, 0.1) is 22.0 Å². The highest BCUT2D eigenvalue weighted by Crippen LogP contribution is 2.27. The summed E-state index contributed by atoms with van der Waals surface area (Å²) in [7, 11) is 0. The lowest BCUT2D eigenvalue weighted by Gasteiger charge is -2.29. The van der Waals surface area contributed by atoms with Crippen molar-refractivity contribution in [3.8, 4) is 5.75 Å². The van der Waals surface area contributed by atoms with Gasteiger partial charge in [-0.2, -0.15) is 5.10 Å². The fourth-order valence-corrected chi connectivity index (χ4v) is 3.87. The zero-order chi connectivity index (χ0) is 25.4. The number of nitro groups is 1. The number of carbonyl (C=O) groups excluding carboxylic acids is 1. The fourth-order valence-electron chi connectivity index (χ4n) is 3.87. The van der Waals surface area contributed by atoms with Gasteiger partial charge in [0.05, 0.1) is 11.1 Å². The van der Waals surface area contributed by atoms with Crippen molar-refractivity contribution in [2.24, 2.45) is 16.9 Å². The van der Waals surface area contributed by atoms with Crippen LogP contribution in [0.5, 0.6) is 5.75 Å². The smallest absolute Gasteiger partial charge is 0.277 e. The zero-order valence-electron chi connectivity index (χ0n) is 20.6. The number of non-ortho nitro benzene ring substituents is 1. The fraction of sp³-hybridized carbons (Fsp3) is 0.333. The van der Waals surface area contributed by atoms with Gasteiger partial charge in [-0.05, 0) is 29.4 Å². The van der Waals surface area contributed by atoms with Crippen LogP contribution in [-0.4, -0.2) is 36.7 Å². The molecule has 0 radical (unpaired) electrons. The Morgan fingerprint density at radius 2 is 1.74 bits per heavy atom. The first-order valence-electron chi connectivity index (χ1n) is 11.7. The Hall–Kier alpha value is -3.94. The maximum atomic E-state index is 12.4. The van der Waals surface area contributed by atoms with Gasteiger partial charge in [0.25, 0.3) is 11.6 Å². The SMILES string of the molecule is CC(C)CN(CC(C)C)c1ccc([N+](=O)[O-])cc1C=NNC(=O)COc1cccc2ccccc12. The maximum absolute atomic E-state index is 12.4. The Kier molecular flexibility index (Phi) is 8.78. The molecular formula is C27H32N4O4. The van der Waals surface area contributed by atoms with Gasteiger partial charge in [0.1, 0.15) is 5.75 Å². The summed E-state index contributed by atoms with van der Waals surface area (Å²) in [5.74, 6) is 0.989. The lowest BCUT2D eigenvalue weighted by Crippen LogP contribution is -2.32. The molecule has 0 spiro atoms. The van der Waals surface area contributed by atoms with Gasteiger partial charge >= 0.3 is 0 Å². The Bertz CT molecular complexity index is 1190. The van der Waals surface area contributed by atoms with Crippen molar-refractivity contribution in [3.05, 3.63) is 76.3 Å². The molecule has 0 aliphatic rings. The first-order valence-corrected chi connectivity index (χ1v) is 11.7. The normalized spacial score (nSPS) is 11.4. The van der Waals surface area contributed by atoms with Gasteiger partial charge in [-0.25, -0.2) is 5.43 Å². The second-order valence-corrected chi connectivity index (χ2v) is 9.25. The van der Waals surface area contributed by atoms with Crippen LogP contribution in [0.1, 0.15) is 33.3 Å². The largest absolute Gasteiger partial charge is 0.483 e. The number of fused-ring (bicyclic) bond motifs is 1. The number of carbonyl (C=O) groups is 1. The minimum atomic E-state index is -0.438. The molecule has 0 aromatic heterocycles. The van der Waals surface area contributed by atoms with Crippen LogP contribution in [0.25, 0.3) is 10.8 Å². The highest BCUT2D eigenvalue weighted by Gasteiger charge is 2.17. The summed E-state index contributed by atoms with van der Waals surface area (Å²) >= 11 is 0. The van der Waals surface area contributed by atoms with E-state index in [4.69, 9.17) is 4.74 Å². The maximum Gasteiger partial charge on any atom is 0.277 e. The Morgan fingerprint density at radius 1 is 1.06 bits per heavy atom. The standard InChI is InChI=1S/C27H32N4O4/c1-19(2)16-30(17-20(3)4)25-13-12-23(31(33)34)14-22(25)15-28-29-27(32)18-35-26-11-7-9-21-8-5-6-10-24(21)26/h5-15,19-20H,16-18H2,1-4H3,(H,29,32). The van der Waals surface area contributed by atoms with Crippen molar-refractivity contribution in [2.75, 3.05) is 24.6 Å². The van der Waals surface area contributed by atoms with Gasteiger partial charge in [0.15, 0.2) is 6.61 Å². The van der Waals surface area contributed by atoms with Crippen LogP contribution in [0.4, 0.5) is 11.4 Å². The van der Waals surface area contributed by atoms with Crippen molar-refractivity contribution in [1.29, 1.82) is 0 Å². The molecule has 0 aliphatic carbocycles. The third kappa shape index (κ3) is 7.27. The number of ether oxygens (including phenoxy) is 1. The Morgan fingerprint density at radius 3 is 2.43 bits per heavy atom. The summed E-state index contributed by atoms with van der Waals surface area (Å²) in [6.45, 7) is 9.89. The molecule has 0 bridgehead atoms. The molecule has 0 fully saturated rings. The second-order valence-electron chi connectivity index (χ2n) is 9.25. The summed E-state index contributed by atoms with van der Waals surface area (Å²) in [4.78, 5) is 25.5. The van der Waals surface area contributed by atoms with E-state index in [0.29, 0.717) is 23.1 Å². The molecule has 184 valence electrons. The number of amides is 1. The summed E-state index contributed by atoms with van der Waals surface area (Å²) < 4.78 is 5.70. The topological polar surface area (TPSA) is 97.1 Å². The number of anilines is 1. The van der Waals surface area contributed by atoms with Crippen molar-refractivity contribution in [1.82, 2.24) is 5.43 Å². The van der Waals surface area contributed by atoms with Gasteiger partial charge in [0, 0.05) is 41.9 Å². The molecular weight excluding hydrogens is 444 g/mol. The van der Waals surface area contributed by atoms with Gasteiger partial charge in [-0.15, -0.1) is 0 Å². The third-order valence-corrected chi connectivity index (χ3v) is 5.23. The van der Waals surface area contributed by atoms with Crippen LogP contribution >= 0.6 is 0 Å². The van der Waals surface area contributed by atoms with E-state index in [9.17, 15) is 14.9 Å². The second kappa shape index (κ2) is 12.0. The molecule has 35 heavy (non-hydrogen) atoms. The van der Waals surface area contributed by atoms with E-state index in [1.165, 1.54) is 18.3 Å². The summed E-state index contributed by atoms with van der Waals surface area (Å²) in [5, 5.41) is 17.4. The molecule has 1 N–H and O–H groups in total. The number of rotatable bonds is 11. The lowest BCUT2D eigenvalue weighted by atomic mass is 10.1. The molecule has 0 atom stereocenters. The van der Waals surface area contributed by atoms with E-state index >= 15 is 0 Å². The van der Waals surface area contributed by atoms with E-state index in [-0.39, 0.29) is 12.3 Å². The minimum Gasteiger partial charge on any atom is -0.483 e. The molecule has 3 rings (SSSR count). The Balaban J connectivity index is 1.74. The number of benzene rings is 3. The van der Waals surface area contributed by atoms with Crippen LogP contribution in [0.3, 0.4) is 0 Å². The van der Waals surface area contributed by atoms with Crippen LogP contribution in [0.2, 0.25) is 0 Å². The van der Waals surface area contributed by atoms with Crippen molar-refractivity contribution in [3.63, 3.8) is 0 Å². The highest BCUT2D eigenvalue weighted by molar-refractivity contribution is 5.91. The summed E-state index contributed by atoms with van der Waals surface area (Å²) in [6.07, 6.45) is 1.45. The van der Waals surface area contributed by atoms with E-state index in [1.807, 2.05) is 42.5 Å². The molecule has 8 nitrogen and oxygen atoms in total. The summed E-state index contributed by atoms with van der Waals surface area (Å²) in [6, 6.07) is 18.2. The number of hydrogen-bond acceptors (Lipinski definition) is 6. The van der Waals surface area contributed by atoms with Crippen LogP contribution in [0.15, 0.2) is 65.8 Å². The molecule has 0 unspecified atom stereocenters. The zero-order valence-corrected chi connectivity index (χ0v) is 20.6. The predicted octanol–water partition coefficient (Wildman–Crippen LogP) is 5.40. The molecule has 8 heteroatoms. The molecule has 1 amide bonds. The molecule has 3 aromatic rings. The number of hydrazone groups is 1. The van der Waals surface area contributed by atoms with Crippen LogP contribution in [-0.2, 0) is 4.79 Å². The van der Waals surface area contributed by atoms with Gasteiger partial charge < -0.3 is 9.64 Å². The van der Waals surface area contributed by atoms with E-state index in [2.05, 4.69) is 43.1 Å². The highest BCUT2D eigenvalue weighted by atomic mass is 16.6. The number of nitrogens with zero attached hydrogens (tertiary/aromatic N) is 3. The van der Waals surface area contributed by atoms with E-state index in [1.54, 1.807) is 6.07 Å². The molecule has 0 aliphatic heterocycles. The van der Waals surface area contributed by atoms with Gasteiger partial charge in [-0.1, -0.05) is 64.1 Å². The number of nitro benzene ring substituents is 1. The first-order chi connectivity index (χ1) is 16.7. The number of hydrogen-bond donors (Lipinski definition) is 1. The molecule has 0 heterocycles. The van der Waals surface area contributed by atoms with Crippen molar-refractivity contribution >= 4 is 34.3 Å². The van der Waals surface area contributed by atoms with Crippen molar-refractivity contribution in [2.45, 2.75) is 27.7 Å². The minimum absolute atomic E-state index is 0.0325. The quantitative estimate of drug-likeness (QED) is 0.227. The van der Waals surface area contributed by atoms with E-state index in [0.717, 1.165) is 29.5 Å². The third-order valence-electron chi connectivity index (χ3n) is 5.23.